The lowest BCUT2D eigenvalue weighted by atomic mass is 9.83. The molecule has 1 aliphatic rings. The Kier molecular flexibility index (Phi) is 4.06. The van der Waals surface area contributed by atoms with Gasteiger partial charge in [-0.25, -0.2) is 8.78 Å². The van der Waals surface area contributed by atoms with Gasteiger partial charge in [-0.05, 0) is 59.1 Å². The van der Waals surface area contributed by atoms with E-state index in [1.807, 2.05) is 25.4 Å². The minimum Gasteiger partial charge on any atom is -0.301 e. The van der Waals surface area contributed by atoms with Gasteiger partial charge in [-0.3, -0.25) is 4.98 Å². The predicted octanol–water partition coefficient (Wildman–Crippen LogP) is 4.60. The number of aromatic nitrogens is 1. The molecule has 2 heterocycles. The number of rotatable bonds is 2. The summed E-state index contributed by atoms with van der Waals surface area (Å²) in [4.78, 5) is 6.39. The first kappa shape index (κ1) is 15.9. The number of hydrogen-bond donors (Lipinski definition) is 0. The summed E-state index contributed by atoms with van der Waals surface area (Å²) in [5.41, 5.74) is 5.39. The first-order valence-corrected chi connectivity index (χ1v) is 8.28. The molecule has 0 amide bonds. The highest BCUT2D eigenvalue weighted by Crippen LogP contribution is 2.35. The fraction of sp³-hybridized carbons (Fsp3) is 0.190. The van der Waals surface area contributed by atoms with Crippen molar-refractivity contribution in [2.45, 2.75) is 12.5 Å². The van der Waals surface area contributed by atoms with Crippen LogP contribution in [0.4, 0.5) is 8.78 Å². The Hall–Kier alpha value is -2.59. The number of halogens is 2. The maximum Gasteiger partial charge on any atom is 0.159 e. The van der Waals surface area contributed by atoms with Crippen LogP contribution in [-0.4, -0.2) is 23.5 Å². The number of pyridine rings is 1. The molecule has 0 N–H and O–H groups in total. The van der Waals surface area contributed by atoms with E-state index in [0.717, 1.165) is 29.8 Å². The summed E-state index contributed by atoms with van der Waals surface area (Å²) < 4.78 is 27.0. The second-order valence-electron chi connectivity index (χ2n) is 6.58. The van der Waals surface area contributed by atoms with Crippen molar-refractivity contribution >= 4 is 0 Å². The van der Waals surface area contributed by atoms with E-state index in [0.29, 0.717) is 0 Å². The second-order valence-corrected chi connectivity index (χ2v) is 6.58. The molecule has 2 nitrogen and oxygen atoms in total. The van der Waals surface area contributed by atoms with Gasteiger partial charge in [0.1, 0.15) is 0 Å². The molecule has 4 rings (SSSR count). The van der Waals surface area contributed by atoms with Gasteiger partial charge in [0.25, 0.3) is 0 Å². The summed E-state index contributed by atoms with van der Waals surface area (Å²) in [5, 5.41) is 0. The zero-order chi connectivity index (χ0) is 17.4. The largest absolute Gasteiger partial charge is 0.301 e. The third-order valence-electron chi connectivity index (χ3n) is 4.79. The van der Waals surface area contributed by atoms with Crippen LogP contribution < -0.4 is 0 Å². The summed E-state index contributed by atoms with van der Waals surface area (Å²) in [7, 11) is 2.05. The van der Waals surface area contributed by atoms with Gasteiger partial charge in [0, 0.05) is 31.4 Å². The molecule has 1 aromatic heterocycles. The van der Waals surface area contributed by atoms with E-state index in [2.05, 4.69) is 28.1 Å². The molecular formula is C21H18F2N2. The molecule has 0 spiro atoms. The van der Waals surface area contributed by atoms with Gasteiger partial charge in [0.05, 0.1) is 0 Å². The highest BCUT2D eigenvalue weighted by atomic mass is 19.2. The maximum atomic E-state index is 13.7. The third-order valence-corrected chi connectivity index (χ3v) is 4.79. The Morgan fingerprint density at radius 2 is 1.88 bits per heavy atom. The van der Waals surface area contributed by atoms with Gasteiger partial charge >= 0.3 is 0 Å². The van der Waals surface area contributed by atoms with Crippen molar-refractivity contribution in [2.75, 3.05) is 13.6 Å². The molecule has 1 aliphatic heterocycles. The molecule has 4 heteroatoms. The molecule has 0 saturated carbocycles. The standard InChI is InChI=1S/C21H18F2N2/c1-25-12-17-9-14(16-3-2-8-24-11-16)4-6-18(17)19(13-25)15-5-7-20(22)21(23)10-15/h2-11,19H,12-13H2,1H3/t19-/m1/s1. The van der Waals surface area contributed by atoms with Gasteiger partial charge < -0.3 is 4.90 Å². The van der Waals surface area contributed by atoms with Crippen LogP contribution >= 0.6 is 0 Å². The second kappa shape index (κ2) is 6.37. The molecule has 2 aromatic carbocycles. The van der Waals surface area contributed by atoms with Crippen molar-refractivity contribution in [3.63, 3.8) is 0 Å². The lowest BCUT2D eigenvalue weighted by Crippen LogP contribution is -2.31. The first-order chi connectivity index (χ1) is 12.1. The summed E-state index contributed by atoms with van der Waals surface area (Å²) >= 11 is 0. The van der Waals surface area contributed by atoms with Crippen LogP contribution in [-0.2, 0) is 6.54 Å². The summed E-state index contributed by atoms with van der Waals surface area (Å²) in [6.07, 6.45) is 3.61. The molecule has 126 valence electrons. The fourth-order valence-electron chi connectivity index (χ4n) is 3.58. The monoisotopic (exact) mass is 336 g/mol. The smallest absolute Gasteiger partial charge is 0.159 e. The fourth-order valence-corrected chi connectivity index (χ4v) is 3.58. The Labute approximate surface area is 145 Å². The summed E-state index contributed by atoms with van der Waals surface area (Å²) in [5.74, 6) is -1.56. The van der Waals surface area contributed by atoms with Crippen LogP contribution in [0.5, 0.6) is 0 Å². The van der Waals surface area contributed by atoms with E-state index in [-0.39, 0.29) is 5.92 Å². The Morgan fingerprint density at radius 3 is 2.64 bits per heavy atom. The number of likely N-dealkylation sites (N-methyl/N-ethyl adjacent to an activating group) is 1. The van der Waals surface area contributed by atoms with E-state index >= 15 is 0 Å². The summed E-state index contributed by atoms with van der Waals surface area (Å²) in [6.45, 7) is 1.62. The zero-order valence-corrected chi connectivity index (χ0v) is 13.9. The van der Waals surface area contributed by atoms with Crippen LogP contribution in [0, 0.1) is 11.6 Å². The van der Waals surface area contributed by atoms with Crippen LogP contribution in [0.3, 0.4) is 0 Å². The van der Waals surface area contributed by atoms with Crippen LogP contribution in [0.15, 0.2) is 60.9 Å². The van der Waals surface area contributed by atoms with Crippen LogP contribution in [0.25, 0.3) is 11.1 Å². The SMILES string of the molecule is CN1Cc2cc(-c3cccnc3)ccc2[C@@H](c2ccc(F)c(F)c2)C1. The average Bonchev–Trinajstić information content (AvgIpc) is 2.63. The van der Waals surface area contributed by atoms with Crippen molar-refractivity contribution in [2.24, 2.45) is 0 Å². The highest BCUT2D eigenvalue weighted by Gasteiger charge is 2.25. The van der Waals surface area contributed by atoms with Gasteiger partial charge in [-0.15, -0.1) is 0 Å². The molecule has 0 fully saturated rings. The first-order valence-electron chi connectivity index (χ1n) is 8.28. The van der Waals surface area contributed by atoms with Gasteiger partial charge in [0.15, 0.2) is 11.6 Å². The highest BCUT2D eigenvalue weighted by molar-refractivity contribution is 5.64. The number of benzene rings is 2. The van der Waals surface area contributed by atoms with E-state index < -0.39 is 11.6 Å². The number of fused-ring (bicyclic) bond motifs is 1. The van der Waals surface area contributed by atoms with E-state index in [9.17, 15) is 8.78 Å². The van der Waals surface area contributed by atoms with Gasteiger partial charge in [-0.1, -0.05) is 24.3 Å². The molecule has 3 aromatic rings. The molecule has 0 bridgehead atoms. The lowest BCUT2D eigenvalue weighted by molar-refractivity contribution is 0.295. The van der Waals surface area contributed by atoms with Crippen molar-refractivity contribution in [3.8, 4) is 11.1 Å². The normalized spacial score (nSPS) is 17.3. The van der Waals surface area contributed by atoms with E-state index in [1.165, 1.54) is 23.3 Å². The van der Waals surface area contributed by atoms with Crippen molar-refractivity contribution in [1.82, 2.24) is 9.88 Å². The maximum absolute atomic E-state index is 13.7. The molecule has 0 aliphatic carbocycles. The van der Waals surface area contributed by atoms with E-state index in [1.54, 1.807) is 12.3 Å². The summed E-state index contributed by atoms with van der Waals surface area (Å²) in [6, 6.07) is 14.5. The molecule has 1 atom stereocenters. The number of nitrogens with zero attached hydrogens (tertiary/aromatic N) is 2. The van der Waals surface area contributed by atoms with E-state index in [4.69, 9.17) is 0 Å². The lowest BCUT2D eigenvalue weighted by Gasteiger charge is -2.33. The molecule has 0 unspecified atom stereocenters. The Morgan fingerprint density at radius 1 is 1.00 bits per heavy atom. The third kappa shape index (κ3) is 3.05. The molecular weight excluding hydrogens is 318 g/mol. The van der Waals surface area contributed by atoms with Crippen LogP contribution in [0.2, 0.25) is 0 Å². The van der Waals surface area contributed by atoms with Crippen molar-refractivity contribution in [1.29, 1.82) is 0 Å². The Balaban J connectivity index is 1.77. The minimum absolute atomic E-state index is 0.0341. The molecule has 25 heavy (non-hydrogen) atoms. The van der Waals surface area contributed by atoms with Crippen molar-refractivity contribution in [3.05, 3.63) is 89.2 Å². The average molecular weight is 336 g/mol. The minimum atomic E-state index is -0.805. The van der Waals surface area contributed by atoms with Crippen molar-refractivity contribution < 1.29 is 8.78 Å². The zero-order valence-electron chi connectivity index (χ0n) is 13.9. The number of hydrogen-bond acceptors (Lipinski definition) is 2. The molecule has 0 saturated heterocycles. The van der Waals surface area contributed by atoms with Gasteiger partial charge in [-0.2, -0.15) is 0 Å². The topological polar surface area (TPSA) is 16.1 Å². The molecule has 0 radical (unpaired) electrons. The van der Waals surface area contributed by atoms with Crippen LogP contribution in [0.1, 0.15) is 22.6 Å². The Bertz CT molecular complexity index is 909. The predicted molar refractivity (Wildman–Crippen MR) is 94.2 cm³/mol. The van der Waals surface area contributed by atoms with Gasteiger partial charge in [0.2, 0.25) is 0 Å². The quantitative estimate of drug-likeness (QED) is 0.680.